The first-order chi connectivity index (χ1) is 33.4. The summed E-state index contributed by atoms with van der Waals surface area (Å²) >= 11 is 0. The lowest BCUT2D eigenvalue weighted by molar-refractivity contribution is -0.347. The molecule has 3 fully saturated rings. The summed E-state index contributed by atoms with van der Waals surface area (Å²) in [4.78, 5) is 0. The minimum absolute atomic E-state index is 0.0739. The highest BCUT2D eigenvalue weighted by atomic mass is 16.8. The molecule has 4 aliphatic heterocycles. The van der Waals surface area contributed by atoms with E-state index in [1.54, 1.807) is 4.68 Å². The van der Waals surface area contributed by atoms with E-state index in [-0.39, 0.29) is 33.0 Å². The van der Waals surface area contributed by atoms with Crippen molar-refractivity contribution in [1.82, 2.24) is 15.0 Å². The number of aromatic nitrogens is 3. The van der Waals surface area contributed by atoms with E-state index in [2.05, 4.69) is 22.4 Å². The molecule has 10 rings (SSSR count). The summed E-state index contributed by atoms with van der Waals surface area (Å²) in [5.74, 6) is -0.893. The van der Waals surface area contributed by atoms with Gasteiger partial charge in [0.1, 0.15) is 54.5 Å². The minimum atomic E-state index is -1.07. The van der Waals surface area contributed by atoms with Crippen molar-refractivity contribution in [3.8, 4) is 0 Å². The maximum atomic E-state index is 7.30. The topological polar surface area (TPSA) is 132 Å². The highest BCUT2D eigenvalue weighted by Crippen LogP contribution is 2.42. The molecule has 5 aromatic carbocycles. The third-order valence-corrected chi connectivity index (χ3v) is 12.4. The number of hydrogen-bond acceptors (Lipinski definition) is 13. The van der Waals surface area contributed by atoms with Gasteiger partial charge in [0.2, 0.25) is 0 Å². The first-order valence-electron chi connectivity index (χ1n) is 23.5. The Morgan fingerprint density at radius 1 is 0.574 bits per heavy atom. The monoisotopic (exact) mass is 925 g/mol. The fraction of sp³-hybridized carbons (Fsp3) is 0.407. The van der Waals surface area contributed by atoms with Crippen molar-refractivity contribution < 1.29 is 52.1 Å². The van der Waals surface area contributed by atoms with Crippen LogP contribution in [0, 0.1) is 0 Å². The van der Waals surface area contributed by atoms with Crippen LogP contribution in [-0.4, -0.2) is 95.4 Å². The quantitative estimate of drug-likeness (QED) is 0.106. The summed E-state index contributed by atoms with van der Waals surface area (Å²) in [7, 11) is 0. The summed E-state index contributed by atoms with van der Waals surface area (Å²) in [6.45, 7) is 6.09. The van der Waals surface area contributed by atoms with Gasteiger partial charge < -0.3 is 52.1 Å². The zero-order valence-corrected chi connectivity index (χ0v) is 38.4. The summed E-state index contributed by atoms with van der Waals surface area (Å²) in [5.41, 5.74) is 6.67. The van der Waals surface area contributed by atoms with E-state index in [0.29, 0.717) is 32.1 Å². The molecule has 0 aliphatic carbocycles. The van der Waals surface area contributed by atoms with E-state index >= 15 is 0 Å². The molecule has 0 unspecified atom stereocenters. The number of hydrogen-bond donors (Lipinski definition) is 0. The van der Waals surface area contributed by atoms with Gasteiger partial charge in [-0.15, -0.1) is 5.10 Å². The molecule has 3 saturated heterocycles. The van der Waals surface area contributed by atoms with E-state index in [1.165, 1.54) is 0 Å². The summed E-state index contributed by atoms with van der Waals surface area (Å²) < 4.78 is 76.7. The van der Waals surface area contributed by atoms with Crippen LogP contribution in [0.5, 0.6) is 0 Å². The van der Waals surface area contributed by atoms with E-state index in [1.807, 2.05) is 154 Å². The van der Waals surface area contributed by atoms with Gasteiger partial charge in [0.15, 0.2) is 18.4 Å². The predicted octanol–water partition coefficient (Wildman–Crippen LogP) is 7.70. The second-order valence-corrected chi connectivity index (χ2v) is 18.1. The summed E-state index contributed by atoms with van der Waals surface area (Å²) in [5, 5.41) is 8.99. The molecule has 1 aromatic heterocycles. The van der Waals surface area contributed by atoms with Crippen molar-refractivity contribution in [3.63, 3.8) is 0 Å². The average molecular weight is 926 g/mol. The number of fused-ring (bicyclic) bond motifs is 6. The molecule has 68 heavy (non-hydrogen) atoms. The van der Waals surface area contributed by atoms with Crippen LogP contribution in [0.1, 0.15) is 52.9 Å². The SMILES string of the molecule is CC1(C)O[C@H]2O[C@H]([C@H]3COCc4cccc(c4)Cn4cc(nn4)CO[C@H]4[C@H](O[C@H](COCc5ccccc5)[C@@H](OCc5ccccc5)[C@@H]4OCc4ccccc4)O3)[C@H](OCc3ccccc3)[C@H]2O1. The molecule has 14 heteroatoms. The Morgan fingerprint density at radius 2 is 1.18 bits per heavy atom. The predicted molar refractivity (Wildman–Crippen MR) is 247 cm³/mol. The Morgan fingerprint density at radius 3 is 1.84 bits per heavy atom. The van der Waals surface area contributed by atoms with Crippen molar-refractivity contribution in [2.24, 2.45) is 0 Å². The van der Waals surface area contributed by atoms with Crippen molar-refractivity contribution in [1.29, 1.82) is 0 Å². The van der Waals surface area contributed by atoms with Gasteiger partial charge in [-0.25, -0.2) is 4.68 Å². The van der Waals surface area contributed by atoms with Crippen LogP contribution in [0.4, 0.5) is 0 Å². The highest BCUT2D eigenvalue weighted by Gasteiger charge is 2.59. The number of rotatable bonds is 14. The maximum Gasteiger partial charge on any atom is 0.190 e. The largest absolute Gasteiger partial charge is 0.374 e. The van der Waals surface area contributed by atoms with E-state index in [4.69, 9.17) is 52.1 Å². The van der Waals surface area contributed by atoms with Gasteiger partial charge >= 0.3 is 0 Å². The lowest BCUT2D eigenvalue weighted by atomic mass is 9.97. The summed E-state index contributed by atoms with van der Waals surface area (Å²) in [6.07, 6.45) is -5.63. The lowest BCUT2D eigenvalue weighted by Crippen LogP contribution is -2.63. The van der Waals surface area contributed by atoms with Crippen LogP contribution in [0.25, 0.3) is 0 Å². The molecule has 6 aromatic rings. The first-order valence-corrected chi connectivity index (χ1v) is 23.5. The normalized spacial score (nSPS) is 28.1. The van der Waals surface area contributed by atoms with Gasteiger partial charge in [0, 0.05) is 0 Å². The third-order valence-electron chi connectivity index (χ3n) is 12.4. The van der Waals surface area contributed by atoms with Gasteiger partial charge in [0.05, 0.1) is 65.6 Å². The van der Waals surface area contributed by atoms with Gasteiger partial charge in [0.25, 0.3) is 0 Å². The Labute approximate surface area is 397 Å². The average Bonchev–Trinajstić information content (AvgIpc) is 4.04. The number of ether oxygens (including phenoxy) is 11. The zero-order valence-electron chi connectivity index (χ0n) is 38.4. The molecule has 356 valence electrons. The minimum Gasteiger partial charge on any atom is -0.374 e. The van der Waals surface area contributed by atoms with Crippen molar-refractivity contribution >= 4 is 0 Å². The van der Waals surface area contributed by atoms with Crippen LogP contribution in [0.3, 0.4) is 0 Å². The molecule has 14 nitrogen and oxygen atoms in total. The molecule has 0 N–H and O–H groups in total. The van der Waals surface area contributed by atoms with Gasteiger partial charge in [-0.2, -0.15) is 0 Å². The number of nitrogens with zero attached hydrogens (tertiary/aromatic N) is 3. The molecule has 10 atom stereocenters. The van der Waals surface area contributed by atoms with Gasteiger partial charge in [-0.1, -0.05) is 151 Å². The van der Waals surface area contributed by atoms with Crippen LogP contribution >= 0.6 is 0 Å². The van der Waals surface area contributed by atoms with E-state index in [9.17, 15) is 0 Å². The fourth-order valence-electron chi connectivity index (χ4n) is 9.19. The van der Waals surface area contributed by atoms with E-state index < -0.39 is 67.2 Å². The van der Waals surface area contributed by atoms with Crippen LogP contribution < -0.4 is 0 Å². The van der Waals surface area contributed by atoms with Crippen molar-refractivity contribution in [3.05, 3.63) is 191 Å². The molecule has 0 radical (unpaired) electrons. The van der Waals surface area contributed by atoms with Crippen LogP contribution in [0.15, 0.2) is 152 Å². The molecule has 0 spiro atoms. The molecule has 0 amide bonds. The molecule has 4 aliphatic rings. The Bertz CT molecular complexity index is 2460. The summed E-state index contributed by atoms with van der Waals surface area (Å²) in [6, 6.07) is 48.4. The Hall–Kier alpha value is -5.20. The van der Waals surface area contributed by atoms with Crippen molar-refractivity contribution in [2.75, 3.05) is 13.2 Å². The molecular formula is C54H59N3O11. The fourth-order valence-corrected chi connectivity index (χ4v) is 9.19. The van der Waals surface area contributed by atoms with Gasteiger partial charge in [-0.3, -0.25) is 0 Å². The Balaban J connectivity index is 1.02. The second-order valence-electron chi connectivity index (χ2n) is 18.1. The highest BCUT2D eigenvalue weighted by molar-refractivity contribution is 5.23. The second kappa shape index (κ2) is 22.0. The number of benzene rings is 5. The van der Waals surface area contributed by atoms with Crippen molar-refractivity contribution in [2.45, 2.75) is 127 Å². The standard InChI is InChI=1S/C54H59N3O11/c1-54(2)67-51-49(62-33-40-22-13-6-14-23-40)47(66-53(51)68-54)45-36-59-30-42-25-15-24-41(26-42)27-57-28-43(55-56-57)34-63-50-48(61-32-39-20-11-5-12-21-39)46(60-31-38-18-9-4-10-19-38)44(64-52(50)65-45)35-58-29-37-16-7-3-8-17-37/h3-26,28,44-53H,27,29-36H2,1-2H3/t44-,45-,46-,47-,48+,49+,50-,51-,52-,53-/m1/s1. The molecular weight excluding hydrogens is 867 g/mol. The maximum absolute atomic E-state index is 7.30. The smallest absolute Gasteiger partial charge is 0.190 e. The zero-order chi connectivity index (χ0) is 46.1. The lowest BCUT2D eigenvalue weighted by Gasteiger charge is -2.47. The van der Waals surface area contributed by atoms with E-state index in [0.717, 1.165) is 33.4 Å². The third kappa shape index (κ3) is 11.8. The first kappa shape index (κ1) is 46.5. The van der Waals surface area contributed by atoms with Gasteiger partial charge in [-0.05, 0) is 47.2 Å². The Kier molecular flexibility index (Phi) is 15.1. The molecule has 0 saturated carbocycles. The molecule has 4 bridgehead atoms. The van der Waals surface area contributed by atoms with Crippen LogP contribution in [0.2, 0.25) is 0 Å². The van der Waals surface area contributed by atoms with Crippen LogP contribution in [-0.2, 0) is 98.3 Å². The molecule has 5 heterocycles.